The molecule has 1 heterocycles. The van der Waals surface area contributed by atoms with Gasteiger partial charge in [0.1, 0.15) is 25.7 Å². The Labute approximate surface area is 302 Å². The predicted molar refractivity (Wildman–Crippen MR) is 181 cm³/mol. The van der Waals surface area contributed by atoms with E-state index in [1.165, 1.54) is 17.2 Å². The molecule has 46 heavy (non-hydrogen) atoms. The van der Waals surface area contributed by atoms with Crippen LogP contribution in [0.2, 0.25) is 5.02 Å². The zero-order valence-electron chi connectivity index (χ0n) is 25.6. The number of sulfonamides is 1. The van der Waals surface area contributed by atoms with Crippen molar-refractivity contribution in [2.24, 2.45) is 0 Å². The first-order valence-corrected chi connectivity index (χ1v) is 17.4. The number of carbonyl (C=O) groups is 1. The van der Waals surface area contributed by atoms with Crippen molar-refractivity contribution in [2.75, 3.05) is 13.2 Å². The number of carbonyl (C=O) groups excluding carboxylic acids is 1. The standard InChI is InChI=1S/C36H34ClNO5S2.Na/c37-31-18-13-27(14-19-31)11-12-28-6-3-8-33(26-28)43-24-5-23-42-32-20-15-30(16-21-32)34-9-2-1-7-29(34)17-22-35(39)38-45(40,41)36-10-4-25-44-36;/h1-4,6-10,13-16,18-21,25-26H,5,11-12,17,22-24H2,(H,38,39);/q;+1/p-1. The van der Waals surface area contributed by atoms with Gasteiger partial charge < -0.3 is 19.0 Å². The number of hydrogen-bond donors (Lipinski definition) is 0. The van der Waals surface area contributed by atoms with Crippen LogP contribution in [0.3, 0.4) is 0 Å². The summed E-state index contributed by atoms with van der Waals surface area (Å²) in [5.41, 5.74) is 5.37. The van der Waals surface area contributed by atoms with Gasteiger partial charge in [-0.15, -0.1) is 11.3 Å². The van der Waals surface area contributed by atoms with Gasteiger partial charge in [0.05, 0.1) is 19.1 Å². The van der Waals surface area contributed by atoms with Crippen LogP contribution < -0.4 is 39.0 Å². The van der Waals surface area contributed by atoms with Gasteiger partial charge in [-0.05, 0) is 101 Å². The number of ether oxygens (including phenoxy) is 2. The fourth-order valence-corrected chi connectivity index (χ4v) is 6.84. The van der Waals surface area contributed by atoms with Gasteiger partial charge in [-0.25, -0.2) is 8.42 Å². The van der Waals surface area contributed by atoms with E-state index in [0.717, 1.165) is 63.8 Å². The van der Waals surface area contributed by atoms with Gasteiger partial charge in [-0.1, -0.05) is 78.3 Å². The van der Waals surface area contributed by atoms with E-state index >= 15 is 0 Å². The third-order valence-electron chi connectivity index (χ3n) is 7.10. The minimum atomic E-state index is -3.96. The molecule has 0 atom stereocenters. The van der Waals surface area contributed by atoms with E-state index in [9.17, 15) is 13.2 Å². The zero-order valence-corrected chi connectivity index (χ0v) is 30.0. The van der Waals surface area contributed by atoms with E-state index in [2.05, 4.69) is 29.0 Å². The van der Waals surface area contributed by atoms with Crippen LogP contribution >= 0.6 is 22.9 Å². The summed E-state index contributed by atoms with van der Waals surface area (Å²) < 4.78 is 40.0. The molecule has 0 spiro atoms. The molecule has 5 rings (SSSR count). The van der Waals surface area contributed by atoms with Crippen LogP contribution in [0, 0.1) is 0 Å². The van der Waals surface area contributed by atoms with E-state index < -0.39 is 15.9 Å². The molecule has 0 aliphatic rings. The number of benzene rings is 4. The van der Waals surface area contributed by atoms with Crippen LogP contribution in [0.1, 0.15) is 29.5 Å². The number of amides is 1. The van der Waals surface area contributed by atoms with Crippen LogP contribution in [-0.2, 0) is 34.1 Å². The molecular weight excluding hydrogens is 649 g/mol. The molecular formula is C36H33ClNNaO5S2. The third kappa shape index (κ3) is 10.7. The first kappa shape index (κ1) is 35.7. The van der Waals surface area contributed by atoms with Crippen molar-refractivity contribution in [3.63, 3.8) is 0 Å². The van der Waals surface area contributed by atoms with Gasteiger partial charge >= 0.3 is 29.6 Å². The Morgan fingerprint density at radius 3 is 2.20 bits per heavy atom. The number of rotatable bonds is 15. The number of nitrogens with zero attached hydrogens (tertiary/aromatic N) is 1. The molecule has 0 N–H and O–H groups in total. The smallest absolute Gasteiger partial charge is 0.541 e. The molecule has 0 aliphatic heterocycles. The summed E-state index contributed by atoms with van der Waals surface area (Å²) in [4.78, 5) is 12.4. The number of hydrogen-bond acceptors (Lipinski definition) is 6. The van der Waals surface area contributed by atoms with Gasteiger partial charge in [-0.3, -0.25) is 0 Å². The van der Waals surface area contributed by atoms with E-state index in [1.54, 1.807) is 11.4 Å². The normalized spacial score (nSPS) is 11.0. The van der Waals surface area contributed by atoms with Crippen molar-refractivity contribution in [3.05, 3.63) is 141 Å². The third-order valence-corrected chi connectivity index (χ3v) is 10.0. The number of halogens is 1. The topological polar surface area (TPSA) is 83.8 Å². The predicted octanol–water partition coefficient (Wildman–Crippen LogP) is 5.93. The Bertz CT molecular complexity index is 1800. The zero-order chi connectivity index (χ0) is 31.5. The van der Waals surface area contributed by atoms with E-state index in [0.29, 0.717) is 19.6 Å². The molecule has 0 saturated heterocycles. The van der Waals surface area contributed by atoms with Crippen LogP contribution in [0.15, 0.2) is 119 Å². The molecule has 0 radical (unpaired) electrons. The summed E-state index contributed by atoms with van der Waals surface area (Å²) in [6.07, 6.45) is 2.98. The average Bonchev–Trinajstić information content (AvgIpc) is 3.61. The Morgan fingerprint density at radius 1 is 0.739 bits per heavy atom. The Morgan fingerprint density at radius 2 is 1.46 bits per heavy atom. The first-order valence-electron chi connectivity index (χ1n) is 14.7. The molecule has 10 heteroatoms. The largest absolute Gasteiger partial charge is 1.00 e. The maximum atomic E-state index is 12.4. The van der Waals surface area contributed by atoms with Crippen molar-refractivity contribution in [1.29, 1.82) is 0 Å². The van der Waals surface area contributed by atoms with Crippen molar-refractivity contribution in [2.45, 2.75) is 36.3 Å². The molecule has 6 nitrogen and oxygen atoms in total. The molecule has 0 saturated carbocycles. The van der Waals surface area contributed by atoms with Crippen LogP contribution in [-0.4, -0.2) is 27.5 Å². The molecule has 4 aromatic carbocycles. The summed E-state index contributed by atoms with van der Waals surface area (Å²) >= 11 is 7.02. The molecule has 0 aliphatic carbocycles. The fourth-order valence-electron chi connectivity index (χ4n) is 4.80. The minimum absolute atomic E-state index is 0. The molecule has 1 amide bonds. The van der Waals surface area contributed by atoms with Gasteiger partial charge in [0.25, 0.3) is 0 Å². The van der Waals surface area contributed by atoms with E-state index in [-0.39, 0.29) is 40.2 Å². The second-order valence-corrected chi connectivity index (χ2v) is 13.6. The molecule has 0 fully saturated rings. The van der Waals surface area contributed by atoms with Crippen LogP contribution in [0.4, 0.5) is 0 Å². The maximum absolute atomic E-state index is 12.4. The Hall–Kier alpha value is -3.11. The molecule has 5 aromatic rings. The maximum Gasteiger partial charge on any atom is 1.00 e. The van der Waals surface area contributed by atoms with Gasteiger partial charge in [0.15, 0.2) is 0 Å². The van der Waals surface area contributed by atoms with Gasteiger partial charge in [0.2, 0.25) is 0 Å². The summed E-state index contributed by atoms with van der Waals surface area (Å²) in [6.45, 7) is 1.07. The monoisotopic (exact) mass is 681 g/mol. The minimum Gasteiger partial charge on any atom is -0.541 e. The fraction of sp³-hybridized carbons (Fsp3) is 0.194. The summed E-state index contributed by atoms with van der Waals surface area (Å²) in [6, 6.07) is 34.8. The average molecular weight is 682 g/mol. The summed E-state index contributed by atoms with van der Waals surface area (Å²) in [7, 11) is -3.96. The van der Waals surface area contributed by atoms with Gasteiger partial charge in [0, 0.05) is 11.4 Å². The number of thiophene rings is 1. The second kappa shape index (κ2) is 17.7. The Kier molecular flexibility index (Phi) is 13.8. The van der Waals surface area contributed by atoms with Crippen LogP contribution in [0.25, 0.3) is 15.8 Å². The number of aryl methyl sites for hydroxylation is 3. The van der Waals surface area contributed by atoms with Gasteiger partial charge in [-0.2, -0.15) is 0 Å². The first-order chi connectivity index (χ1) is 21.9. The molecule has 0 unspecified atom stereocenters. The summed E-state index contributed by atoms with van der Waals surface area (Å²) in [5.74, 6) is 0.951. The van der Waals surface area contributed by atoms with Crippen molar-refractivity contribution >= 4 is 38.9 Å². The van der Waals surface area contributed by atoms with E-state index in [4.69, 9.17) is 21.1 Å². The van der Waals surface area contributed by atoms with Crippen molar-refractivity contribution in [3.8, 4) is 22.6 Å². The van der Waals surface area contributed by atoms with E-state index in [1.807, 2.05) is 72.8 Å². The second-order valence-electron chi connectivity index (χ2n) is 10.4. The quantitative estimate of drug-likeness (QED) is 0.101. The molecule has 0 bridgehead atoms. The molecule has 1 aromatic heterocycles. The van der Waals surface area contributed by atoms with Crippen molar-refractivity contribution < 1.29 is 52.2 Å². The van der Waals surface area contributed by atoms with Crippen molar-refractivity contribution in [1.82, 2.24) is 0 Å². The van der Waals surface area contributed by atoms with Crippen LogP contribution in [0.5, 0.6) is 11.5 Å². The summed E-state index contributed by atoms with van der Waals surface area (Å²) in [5, 5.41) is 2.39. The molecule has 232 valence electrons. The Balaban J connectivity index is 0.00000480. The SMILES string of the molecule is O=C(CCc1ccccc1-c1ccc(OCCCOc2cccc(CCc3ccc(Cl)cc3)c2)cc1)[N-]S(=O)(=O)c1cccs1.[Na+].